The highest BCUT2D eigenvalue weighted by molar-refractivity contribution is 5.85. The van der Waals surface area contributed by atoms with Gasteiger partial charge in [0.2, 0.25) is 0 Å². The summed E-state index contributed by atoms with van der Waals surface area (Å²) in [6.07, 6.45) is 8.89. The number of nitrogens with zero attached hydrogens (tertiary/aromatic N) is 6. The fourth-order valence-electron chi connectivity index (χ4n) is 4.86. The Morgan fingerprint density at radius 1 is 1.06 bits per heavy atom. The Morgan fingerprint density at radius 2 is 1.82 bits per heavy atom. The predicted octanol–water partition coefficient (Wildman–Crippen LogP) is 4.71. The van der Waals surface area contributed by atoms with E-state index in [-0.39, 0.29) is 5.75 Å². The first-order valence-corrected chi connectivity index (χ1v) is 11.8. The molecule has 1 aliphatic carbocycles. The lowest BCUT2D eigenvalue weighted by Crippen LogP contribution is -2.13. The van der Waals surface area contributed by atoms with Crippen molar-refractivity contribution in [3.05, 3.63) is 47.5 Å². The van der Waals surface area contributed by atoms with Crippen molar-refractivity contribution in [2.45, 2.75) is 58.4 Å². The molecule has 0 saturated heterocycles. The van der Waals surface area contributed by atoms with Crippen LogP contribution in [-0.4, -0.2) is 41.0 Å². The largest absolute Gasteiger partial charge is 0.508 e. The number of aryl methyl sites for hydroxylation is 2. The zero-order chi connectivity index (χ0) is 22.9. The van der Waals surface area contributed by atoms with E-state index in [4.69, 9.17) is 15.0 Å². The van der Waals surface area contributed by atoms with Crippen molar-refractivity contribution in [1.82, 2.24) is 29.3 Å². The molecule has 8 heteroatoms. The van der Waals surface area contributed by atoms with Crippen LogP contribution < -0.4 is 5.32 Å². The summed E-state index contributed by atoms with van der Waals surface area (Å²) in [4.78, 5) is 14.7. The maximum Gasteiger partial charge on any atom is 0.167 e. The second kappa shape index (κ2) is 8.84. The van der Waals surface area contributed by atoms with Crippen LogP contribution in [0.25, 0.3) is 22.6 Å². The van der Waals surface area contributed by atoms with Gasteiger partial charge in [-0.1, -0.05) is 31.4 Å². The number of fused-ring (bicyclic) bond motifs is 1. The maximum atomic E-state index is 9.52. The lowest BCUT2D eigenvalue weighted by molar-refractivity contribution is 0.358. The van der Waals surface area contributed by atoms with Crippen molar-refractivity contribution in [1.29, 1.82) is 0 Å². The van der Waals surface area contributed by atoms with Crippen LogP contribution in [0.3, 0.4) is 0 Å². The third kappa shape index (κ3) is 4.17. The van der Waals surface area contributed by atoms with Gasteiger partial charge in [0.05, 0.1) is 17.6 Å². The number of aromatic hydroxyl groups is 1. The molecule has 2 N–H and O–H groups in total. The Bertz CT molecular complexity index is 1270. The molecule has 4 aromatic rings. The van der Waals surface area contributed by atoms with Crippen LogP contribution in [0.1, 0.15) is 55.1 Å². The van der Waals surface area contributed by atoms with Crippen molar-refractivity contribution >= 4 is 17.0 Å². The van der Waals surface area contributed by atoms with Gasteiger partial charge in [0.15, 0.2) is 17.3 Å². The molecular formula is C25H31N7O. The van der Waals surface area contributed by atoms with Gasteiger partial charge in [-0.15, -0.1) is 0 Å². The maximum absolute atomic E-state index is 9.52. The first-order valence-electron chi connectivity index (χ1n) is 11.8. The average Bonchev–Trinajstić information content (AvgIpc) is 3.35. The highest BCUT2D eigenvalue weighted by atomic mass is 16.3. The first-order chi connectivity index (χ1) is 16.0. The molecule has 0 radical (unpaired) electrons. The zero-order valence-corrected chi connectivity index (χ0v) is 19.5. The van der Waals surface area contributed by atoms with Crippen molar-refractivity contribution in [3.8, 4) is 17.1 Å². The number of anilines is 1. The normalized spacial score (nSPS) is 14.8. The minimum absolute atomic E-state index is 0.282. The fourth-order valence-corrected chi connectivity index (χ4v) is 4.86. The SMILES string of the molecule is Cc1nn(C)c(C)c1-c1nc(NCCc2ccc(O)cc2)c2ncn(C3CCCCC3)c2n1. The number of hydrogen-bond acceptors (Lipinski definition) is 6. The molecule has 3 aromatic heterocycles. The van der Waals surface area contributed by atoms with Crippen LogP contribution in [0.5, 0.6) is 5.75 Å². The third-order valence-electron chi connectivity index (χ3n) is 6.76. The Balaban J connectivity index is 1.53. The number of phenolic OH excluding ortho intramolecular Hbond substituents is 1. The number of benzene rings is 1. The number of aromatic nitrogens is 6. The molecule has 1 fully saturated rings. The van der Waals surface area contributed by atoms with Gasteiger partial charge < -0.3 is 15.0 Å². The van der Waals surface area contributed by atoms with E-state index in [1.165, 1.54) is 32.1 Å². The molecule has 0 aliphatic heterocycles. The molecule has 5 rings (SSSR count). The summed E-state index contributed by atoms with van der Waals surface area (Å²) < 4.78 is 4.14. The Hall–Kier alpha value is -3.42. The van der Waals surface area contributed by atoms with Gasteiger partial charge in [0.1, 0.15) is 11.3 Å². The first kappa shape index (κ1) is 21.4. The van der Waals surface area contributed by atoms with E-state index in [9.17, 15) is 5.11 Å². The van der Waals surface area contributed by atoms with Gasteiger partial charge in [-0.3, -0.25) is 4.68 Å². The molecule has 8 nitrogen and oxygen atoms in total. The van der Waals surface area contributed by atoms with Crippen molar-refractivity contribution in [3.63, 3.8) is 0 Å². The molecule has 0 spiro atoms. The van der Waals surface area contributed by atoms with Crippen molar-refractivity contribution in [2.24, 2.45) is 7.05 Å². The van der Waals surface area contributed by atoms with Crippen LogP contribution in [0.2, 0.25) is 0 Å². The predicted molar refractivity (Wildman–Crippen MR) is 129 cm³/mol. The van der Waals surface area contributed by atoms with E-state index in [0.29, 0.717) is 18.4 Å². The molecule has 1 aromatic carbocycles. The minimum Gasteiger partial charge on any atom is -0.508 e. The smallest absolute Gasteiger partial charge is 0.167 e. The quantitative estimate of drug-likeness (QED) is 0.446. The molecule has 0 unspecified atom stereocenters. The summed E-state index contributed by atoms with van der Waals surface area (Å²) in [6.45, 7) is 4.77. The van der Waals surface area contributed by atoms with E-state index in [1.54, 1.807) is 12.1 Å². The van der Waals surface area contributed by atoms with E-state index in [2.05, 4.69) is 21.9 Å². The number of imidazole rings is 1. The number of phenols is 1. The monoisotopic (exact) mass is 445 g/mol. The van der Waals surface area contributed by atoms with Crippen LogP contribution in [0, 0.1) is 13.8 Å². The van der Waals surface area contributed by atoms with E-state index in [1.807, 2.05) is 37.1 Å². The molecule has 0 atom stereocenters. The second-order valence-electron chi connectivity index (χ2n) is 9.02. The fraction of sp³-hybridized carbons (Fsp3) is 0.440. The summed E-state index contributed by atoms with van der Waals surface area (Å²) in [5.74, 6) is 1.73. The second-order valence-corrected chi connectivity index (χ2v) is 9.02. The van der Waals surface area contributed by atoms with Gasteiger partial charge in [0, 0.05) is 25.3 Å². The van der Waals surface area contributed by atoms with E-state index < -0.39 is 0 Å². The average molecular weight is 446 g/mol. The van der Waals surface area contributed by atoms with Gasteiger partial charge in [-0.25, -0.2) is 15.0 Å². The van der Waals surface area contributed by atoms with Crippen LogP contribution in [0.4, 0.5) is 5.82 Å². The standard InChI is InChI=1S/C25H31N7O/c1-16-21(17(2)31(3)30-16)23-28-24(26-14-13-18-9-11-20(33)12-10-18)22-25(29-23)32(15-27-22)19-7-5-4-6-8-19/h9-12,15,19,33H,4-8,13-14H2,1-3H3,(H,26,28,29). The summed E-state index contributed by atoms with van der Waals surface area (Å²) >= 11 is 0. The molecule has 33 heavy (non-hydrogen) atoms. The van der Waals surface area contributed by atoms with Gasteiger partial charge in [0.25, 0.3) is 0 Å². The minimum atomic E-state index is 0.282. The lowest BCUT2D eigenvalue weighted by atomic mass is 9.95. The summed E-state index contributed by atoms with van der Waals surface area (Å²) in [6, 6.07) is 7.76. The zero-order valence-electron chi connectivity index (χ0n) is 19.5. The molecule has 3 heterocycles. The number of nitrogens with one attached hydrogen (secondary N) is 1. The van der Waals surface area contributed by atoms with E-state index in [0.717, 1.165) is 45.9 Å². The number of rotatable bonds is 6. The van der Waals surface area contributed by atoms with Gasteiger partial charge >= 0.3 is 0 Å². The lowest BCUT2D eigenvalue weighted by Gasteiger charge is -2.23. The molecule has 0 amide bonds. The van der Waals surface area contributed by atoms with Crippen LogP contribution >= 0.6 is 0 Å². The Kier molecular flexibility index (Phi) is 5.74. The van der Waals surface area contributed by atoms with Crippen molar-refractivity contribution < 1.29 is 5.11 Å². The molecule has 0 bridgehead atoms. The Labute approximate surface area is 193 Å². The summed E-state index contributed by atoms with van der Waals surface area (Å²) in [5, 5.41) is 17.6. The number of hydrogen-bond donors (Lipinski definition) is 2. The summed E-state index contributed by atoms with van der Waals surface area (Å²) in [5.41, 5.74) is 5.81. The highest BCUT2D eigenvalue weighted by Crippen LogP contribution is 2.33. The molecule has 1 saturated carbocycles. The molecule has 1 aliphatic rings. The topological polar surface area (TPSA) is 93.7 Å². The highest BCUT2D eigenvalue weighted by Gasteiger charge is 2.23. The Morgan fingerprint density at radius 3 is 2.52 bits per heavy atom. The van der Waals surface area contributed by atoms with E-state index >= 15 is 0 Å². The van der Waals surface area contributed by atoms with Crippen LogP contribution in [0.15, 0.2) is 30.6 Å². The summed E-state index contributed by atoms with van der Waals surface area (Å²) in [7, 11) is 1.95. The third-order valence-corrected chi connectivity index (χ3v) is 6.76. The molecular weight excluding hydrogens is 414 g/mol. The van der Waals surface area contributed by atoms with Crippen molar-refractivity contribution in [2.75, 3.05) is 11.9 Å². The van der Waals surface area contributed by atoms with Gasteiger partial charge in [-0.2, -0.15) is 5.10 Å². The molecule has 172 valence electrons. The van der Waals surface area contributed by atoms with Crippen LogP contribution in [-0.2, 0) is 13.5 Å². The van der Waals surface area contributed by atoms with Gasteiger partial charge in [-0.05, 0) is 50.8 Å².